The number of hydrogen-bond donors (Lipinski definition) is 3. The van der Waals surface area contributed by atoms with Crippen LogP contribution in [0.15, 0.2) is 29.0 Å². The summed E-state index contributed by atoms with van der Waals surface area (Å²) in [5.41, 5.74) is 5.48. The molecular formula is C11H12BrN5O2. The fourth-order valence-corrected chi connectivity index (χ4v) is 1.80. The first-order valence-corrected chi connectivity index (χ1v) is 6.31. The van der Waals surface area contributed by atoms with Crippen molar-refractivity contribution < 1.29 is 9.59 Å². The van der Waals surface area contributed by atoms with E-state index in [-0.39, 0.29) is 12.3 Å². The maximum Gasteiger partial charge on any atom is 0.273 e. The van der Waals surface area contributed by atoms with Crippen LogP contribution in [0.2, 0.25) is 0 Å². The number of aromatic nitrogens is 3. The van der Waals surface area contributed by atoms with Crippen molar-refractivity contribution in [3.8, 4) is 0 Å². The van der Waals surface area contributed by atoms with E-state index in [2.05, 4.69) is 31.3 Å². The number of carbonyl (C=O) groups is 2. The average Bonchev–Trinajstić information content (AvgIpc) is 2.95. The van der Waals surface area contributed by atoms with Crippen LogP contribution in [0.5, 0.6) is 0 Å². The minimum atomic E-state index is -0.391. The van der Waals surface area contributed by atoms with Crippen LogP contribution >= 0.6 is 15.9 Å². The minimum absolute atomic E-state index is 0.207. The predicted octanol–water partition coefficient (Wildman–Crippen LogP) is 1.10. The molecule has 2 aromatic heterocycles. The molecule has 0 fully saturated rings. The van der Waals surface area contributed by atoms with Crippen LogP contribution < -0.4 is 11.1 Å². The first-order chi connectivity index (χ1) is 9.04. The number of hydrogen-bond acceptors (Lipinski definition) is 3. The van der Waals surface area contributed by atoms with E-state index in [1.807, 2.05) is 0 Å². The Balaban J connectivity index is 1.96. The van der Waals surface area contributed by atoms with E-state index in [9.17, 15) is 9.59 Å². The molecule has 0 saturated heterocycles. The second-order valence-corrected chi connectivity index (χ2v) is 4.78. The zero-order valence-electron chi connectivity index (χ0n) is 9.89. The number of primary amides is 1. The van der Waals surface area contributed by atoms with Crippen molar-refractivity contribution in [1.29, 1.82) is 0 Å². The van der Waals surface area contributed by atoms with Gasteiger partial charge in [-0.2, -0.15) is 5.10 Å². The number of nitrogens with zero attached hydrogens (tertiary/aromatic N) is 2. The Morgan fingerprint density at radius 1 is 1.53 bits per heavy atom. The molecule has 0 atom stereocenters. The quantitative estimate of drug-likeness (QED) is 0.766. The van der Waals surface area contributed by atoms with Crippen LogP contribution in [0.4, 0.5) is 5.82 Å². The lowest BCUT2D eigenvalue weighted by Crippen LogP contribution is -2.15. The van der Waals surface area contributed by atoms with Gasteiger partial charge in [0.05, 0.1) is 0 Å². The summed E-state index contributed by atoms with van der Waals surface area (Å²) >= 11 is 3.25. The number of H-pyrrole nitrogens is 1. The zero-order valence-corrected chi connectivity index (χ0v) is 11.5. The normalized spacial score (nSPS) is 10.4. The van der Waals surface area contributed by atoms with Gasteiger partial charge >= 0.3 is 0 Å². The first kappa shape index (κ1) is 13.3. The van der Waals surface area contributed by atoms with Crippen molar-refractivity contribution in [3.63, 3.8) is 0 Å². The van der Waals surface area contributed by atoms with Crippen molar-refractivity contribution in [3.05, 3.63) is 34.7 Å². The minimum Gasteiger partial charge on any atom is -0.370 e. The van der Waals surface area contributed by atoms with Crippen LogP contribution in [0.3, 0.4) is 0 Å². The Kier molecular flexibility index (Phi) is 4.00. The maximum atomic E-state index is 11.8. The number of amides is 2. The van der Waals surface area contributed by atoms with Crippen LogP contribution in [-0.2, 0) is 11.3 Å². The molecule has 2 rings (SSSR count). The number of aryl methyl sites for hydroxylation is 1. The van der Waals surface area contributed by atoms with Gasteiger partial charge in [0.1, 0.15) is 5.69 Å². The average molecular weight is 326 g/mol. The third-order valence-electron chi connectivity index (χ3n) is 2.36. The van der Waals surface area contributed by atoms with Crippen molar-refractivity contribution in [2.75, 3.05) is 5.32 Å². The molecule has 0 aliphatic carbocycles. The van der Waals surface area contributed by atoms with Gasteiger partial charge in [-0.05, 0) is 22.0 Å². The molecule has 2 aromatic rings. The number of rotatable bonds is 5. The third kappa shape index (κ3) is 3.68. The summed E-state index contributed by atoms with van der Waals surface area (Å²) in [6.45, 7) is 0.388. The highest BCUT2D eigenvalue weighted by Gasteiger charge is 2.09. The number of nitrogens with two attached hydrogens (primary N) is 1. The molecule has 0 aliphatic heterocycles. The van der Waals surface area contributed by atoms with Gasteiger partial charge in [0, 0.05) is 35.9 Å². The third-order valence-corrected chi connectivity index (χ3v) is 2.82. The standard InChI is InChI=1S/C11H12BrN5O2/c12-7-5-8(14-6-7)11(19)15-10-2-4-17(16-10)3-1-9(13)18/h2,4-6,14H,1,3H2,(H2,13,18)(H,15,16,19). The number of anilines is 1. The summed E-state index contributed by atoms with van der Waals surface area (Å²) in [4.78, 5) is 25.3. The van der Waals surface area contributed by atoms with Crippen molar-refractivity contribution in [2.24, 2.45) is 5.73 Å². The van der Waals surface area contributed by atoms with Gasteiger partial charge in [-0.25, -0.2) is 0 Å². The summed E-state index contributed by atoms with van der Waals surface area (Å²) in [7, 11) is 0. The highest BCUT2D eigenvalue weighted by molar-refractivity contribution is 9.10. The summed E-state index contributed by atoms with van der Waals surface area (Å²) in [5.74, 6) is -0.261. The van der Waals surface area contributed by atoms with E-state index in [0.717, 1.165) is 4.47 Å². The van der Waals surface area contributed by atoms with Gasteiger partial charge in [0.2, 0.25) is 5.91 Å². The van der Waals surface area contributed by atoms with E-state index < -0.39 is 5.91 Å². The molecule has 8 heteroatoms. The molecule has 4 N–H and O–H groups in total. The largest absolute Gasteiger partial charge is 0.370 e. The smallest absolute Gasteiger partial charge is 0.273 e. The molecule has 0 aliphatic rings. The number of carbonyl (C=O) groups excluding carboxylic acids is 2. The van der Waals surface area contributed by atoms with E-state index in [1.54, 1.807) is 29.2 Å². The molecule has 2 amide bonds. The monoisotopic (exact) mass is 325 g/mol. The Labute approximate surface area is 117 Å². The van der Waals surface area contributed by atoms with Crippen LogP contribution in [-0.4, -0.2) is 26.6 Å². The highest BCUT2D eigenvalue weighted by atomic mass is 79.9. The highest BCUT2D eigenvalue weighted by Crippen LogP contribution is 2.12. The van der Waals surface area contributed by atoms with E-state index in [0.29, 0.717) is 18.1 Å². The van der Waals surface area contributed by atoms with E-state index in [1.165, 1.54) is 0 Å². The van der Waals surface area contributed by atoms with Crippen molar-refractivity contribution in [1.82, 2.24) is 14.8 Å². The van der Waals surface area contributed by atoms with Crippen molar-refractivity contribution >= 4 is 33.6 Å². The Morgan fingerprint density at radius 3 is 2.95 bits per heavy atom. The molecule has 0 spiro atoms. The lowest BCUT2D eigenvalue weighted by Gasteiger charge is -2.00. The Bertz CT molecular complexity index is 604. The van der Waals surface area contributed by atoms with Gasteiger partial charge in [0.25, 0.3) is 5.91 Å². The molecule has 19 heavy (non-hydrogen) atoms. The van der Waals surface area contributed by atoms with Crippen molar-refractivity contribution in [2.45, 2.75) is 13.0 Å². The Morgan fingerprint density at radius 2 is 2.32 bits per heavy atom. The fraction of sp³-hybridized carbons (Fsp3) is 0.182. The molecular weight excluding hydrogens is 314 g/mol. The molecule has 0 bridgehead atoms. The zero-order chi connectivity index (χ0) is 13.8. The molecule has 0 saturated carbocycles. The van der Waals surface area contributed by atoms with Crippen LogP contribution in [0.25, 0.3) is 0 Å². The summed E-state index contributed by atoms with van der Waals surface area (Å²) in [6.07, 6.45) is 3.54. The molecule has 2 heterocycles. The SMILES string of the molecule is NC(=O)CCn1ccc(NC(=O)c2cc(Br)c[nH]2)n1. The lowest BCUT2D eigenvalue weighted by atomic mass is 10.4. The van der Waals surface area contributed by atoms with Gasteiger partial charge < -0.3 is 16.0 Å². The number of nitrogens with one attached hydrogen (secondary N) is 2. The Hall–Kier alpha value is -2.09. The topological polar surface area (TPSA) is 106 Å². The van der Waals surface area contributed by atoms with Crippen LogP contribution in [0.1, 0.15) is 16.9 Å². The van der Waals surface area contributed by atoms with Gasteiger partial charge in [-0.1, -0.05) is 0 Å². The summed E-state index contributed by atoms with van der Waals surface area (Å²) in [5, 5.41) is 6.75. The molecule has 0 radical (unpaired) electrons. The summed E-state index contributed by atoms with van der Waals surface area (Å²) < 4.78 is 2.34. The lowest BCUT2D eigenvalue weighted by molar-refractivity contribution is -0.118. The summed E-state index contributed by atoms with van der Waals surface area (Å²) in [6, 6.07) is 3.32. The first-order valence-electron chi connectivity index (χ1n) is 5.51. The maximum absolute atomic E-state index is 11.8. The van der Waals surface area contributed by atoms with Crippen LogP contribution in [0, 0.1) is 0 Å². The second-order valence-electron chi connectivity index (χ2n) is 3.87. The predicted molar refractivity (Wildman–Crippen MR) is 72.5 cm³/mol. The van der Waals surface area contributed by atoms with E-state index in [4.69, 9.17) is 5.73 Å². The molecule has 0 unspecified atom stereocenters. The fourth-order valence-electron chi connectivity index (χ4n) is 1.46. The molecule has 0 aromatic carbocycles. The van der Waals surface area contributed by atoms with E-state index >= 15 is 0 Å². The van der Waals surface area contributed by atoms with Gasteiger partial charge in [0.15, 0.2) is 5.82 Å². The number of aromatic amines is 1. The number of halogens is 1. The molecule has 100 valence electrons. The van der Waals surface area contributed by atoms with Gasteiger partial charge in [-0.15, -0.1) is 0 Å². The van der Waals surface area contributed by atoms with Gasteiger partial charge in [-0.3, -0.25) is 14.3 Å². The molecule has 7 nitrogen and oxygen atoms in total. The second kappa shape index (κ2) is 5.70.